The van der Waals surface area contributed by atoms with Crippen LogP contribution in [0.15, 0.2) is 60.8 Å². The largest absolute Gasteiger partial charge is 0.467 e. The van der Waals surface area contributed by atoms with E-state index in [2.05, 4.69) is 15.3 Å². The molecule has 0 unspecified atom stereocenters. The van der Waals surface area contributed by atoms with E-state index in [-0.39, 0.29) is 37.0 Å². The molecule has 1 fully saturated rings. The van der Waals surface area contributed by atoms with Crippen LogP contribution in [0.5, 0.6) is 6.01 Å². The van der Waals surface area contributed by atoms with Crippen LogP contribution in [0.25, 0.3) is 11.3 Å². The molecule has 1 aliphatic rings. The molecule has 1 aliphatic heterocycles. The summed E-state index contributed by atoms with van der Waals surface area (Å²) in [5.41, 5.74) is 1.03. The van der Waals surface area contributed by atoms with Crippen molar-refractivity contribution in [2.45, 2.75) is 58.0 Å². The molecule has 4 rings (SSSR count). The monoisotopic (exact) mass is 664 g/mol. The lowest BCUT2D eigenvalue weighted by Crippen LogP contribution is -2.41. The van der Waals surface area contributed by atoms with Crippen molar-refractivity contribution in [1.82, 2.24) is 19.8 Å². The molecular weight excluding hydrogens is 624 g/mol. The summed E-state index contributed by atoms with van der Waals surface area (Å²) in [6.45, 7) is 6.06. The van der Waals surface area contributed by atoms with Gasteiger partial charge in [-0.1, -0.05) is 42.5 Å². The molecule has 3 aromatic rings. The maximum absolute atomic E-state index is 13.0. The number of nitrogens with one attached hydrogen (secondary N) is 1. The average molecular weight is 665 g/mol. The Hall–Kier alpha value is -5.47. The highest BCUT2D eigenvalue weighted by Crippen LogP contribution is 2.35. The minimum Gasteiger partial charge on any atom is -0.467 e. The molecular formula is C33H40N6O9. The number of hydrogen-bond donors (Lipinski definition) is 1. The van der Waals surface area contributed by atoms with E-state index in [1.807, 2.05) is 30.3 Å². The van der Waals surface area contributed by atoms with Crippen LogP contribution in [-0.2, 0) is 25.6 Å². The Morgan fingerprint density at radius 2 is 1.85 bits per heavy atom. The maximum atomic E-state index is 13.0. The lowest BCUT2D eigenvalue weighted by atomic mass is 10.1. The lowest BCUT2D eigenvalue weighted by Gasteiger charge is -2.24. The summed E-state index contributed by atoms with van der Waals surface area (Å²) in [5, 5.41) is 15.1. The van der Waals surface area contributed by atoms with Gasteiger partial charge < -0.3 is 29.2 Å². The fourth-order valence-corrected chi connectivity index (χ4v) is 5.00. The first kappa shape index (κ1) is 35.4. The molecule has 0 bridgehead atoms. The number of carbonyl (C=O) groups excluding carboxylic acids is 3. The minimum atomic E-state index is -0.937. The summed E-state index contributed by atoms with van der Waals surface area (Å²) < 4.78 is 21.8. The van der Waals surface area contributed by atoms with Crippen LogP contribution < -0.4 is 10.1 Å². The zero-order valence-electron chi connectivity index (χ0n) is 27.6. The van der Waals surface area contributed by atoms with Gasteiger partial charge in [0.15, 0.2) is 0 Å². The number of methoxy groups -OCH3 is 1. The molecule has 0 spiro atoms. The van der Waals surface area contributed by atoms with E-state index in [0.29, 0.717) is 30.8 Å². The van der Waals surface area contributed by atoms with Crippen molar-refractivity contribution in [3.05, 3.63) is 76.5 Å². The van der Waals surface area contributed by atoms with Gasteiger partial charge in [0.1, 0.15) is 30.0 Å². The Labute approximate surface area is 278 Å². The number of amides is 2. The molecule has 2 aromatic carbocycles. The Morgan fingerprint density at radius 3 is 2.54 bits per heavy atom. The molecule has 1 aromatic heterocycles. The number of nitro groups is 1. The number of anilines is 1. The molecule has 0 aliphatic carbocycles. The predicted molar refractivity (Wildman–Crippen MR) is 174 cm³/mol. The minimum absolute atomic E-state index is 0.0162. The quantitative estimate of drug-likeness (QED) is 0.0898. The zero-order chi connectivity index (χ0) is 34.8. The zero-order valence-corrected chi connectivity index (χ0v) is 27.6. The predicted octanol–water partition coefficient (Wildman–Crippen LogP) is 5.05. The molecule has 0 radical (unpaired) electrons. The SMILES string of the molecule is COC(=O)[C@@H]1C[C@H](Oc2nccc(-c3cccc([N+](=O)[O-])c3NCCCN(C)C(=O)OC(C)(C)C)n2)CN1C(=O)OCc1ccccc1. The van der Waals surface area contributed by atoms with Crippen LogP contribution in [0, 0.1) is 10.1 Å². The summed E-state index contributed by atoms with van der Waals surface area (Å²) >= 11 is 0. The number of likely N-dealkylation sites (tertiary alicyclic amines) is 1. The van der Waals surface area contributed by atoms with Crippen molar-refractivity contribution in [2.24, 2.45) is 0 Å². The smallest absolute Gasteiger partial charge is 0.410 e. The first-order chi connectivity index (χ1) is 22.9. The number of ether oxygens (including phenoxy) is 4. The fraction of sp³-hybridized carbons (Fsp3) is 0.424. The van der Waals surface area contributed by atoms with Crippen LogP contribution in [0.4, 0.5) is 21.0 Å². The molecule has 0 saturated carbocycles. The second kappa shape index (κ2) is 15.9. The third-order valence-corrected chi connectivity index (χ3v) is 7.27. The molecule has 48 heavy (non-hydrogen) atoms. The summed E-state index contributed by atoms with van der Waals surface area (Å²) in [6.07, 6.45) is 0.219. The highest BCUT2D eigenvalue weighted by molar-refractivity contribution is 5.83. The highest BCUT2D eigenvalue weighted by atomic mass is 16.6. The first-order valence-corrected chi connectivity index (χ1v) is 15.4. The maximum Gasteiger partial charge on any atom is 0.410 e. The van der Waals surface area contributed by atoms with Crippen LogP contribution in [0.1, 0.15) is 39.2 Å². The summed E-state index contributed by atoms with van der Waals surface area (Å²) in [6, 6.07) is 14.4. The van der Waals surface area contributed by atoms with Crippen LogP contribution in [0.3, 0.4) is 0 Å². The number of esters is 1. The Morgan fingerprint density at radius 1 is 1.10 bits per heavy atom. The van der Waals surface area contributed by atoms with Crippen molar-refractivity contribution in [3.8, 4) is 17.3 Å². The van der Waals surface area contributed by atoms with E-state index in [1.165, 1.54) is 29.2 Å². The fourth-order valence-electron chi connectivity index (χ4n) is 5.00. The van der Waals surface area contributed by atoms with Gasteiger partial charge in [0.2, 0.25) is 0 Å². The first-order valence-electron chi connectivity index (χ1n) is 15.4. The van der Waals surface area contributed by atoms with Crippen molar-refractivity contribution in [2.75, 3.05) is 39.1 Å². The average Bonchev–Trinajstić information content (AvgIpc) is 3.48. The topological polar surface area (TPSA) is 176 Å². The summed E-state index contributed by atoms with van der Waals surface area (Å²) in [7, 11) is 2.86. The number of nitrogens with zero attached hydrogens (tertiary/aromatic N) is 5. The van der Waals surface area contributed by atoms with Crippen molar-refractivity contribution >= 4 is 29.5 Å². The normalized spacial score (nSPS) is 15.7. The Balaban J connectivity index is 1.45. The highest BCUT2D eigenvalue weighted by Gasteiger charge is 2.43. The van der Waals surface area contributed by atoms with Crippen molar-refractivity contribution < 1.29 is 38.3 Å². The Kier molecular flexibility index (Phi) is 11.7. The number of nitro benzene ring substituents is 1. The van der Waals surface area contributed by atoms with Gasteiger partial charge in [-0.2, -0.15) is 4.98 Å². The van der Waals surface area contributed by atoms with Gasteiger partial charge in [-0.25, -0.2) is 19.4 Å². The number of carbonyl (C=O) groups is 3. The second-order valence-corrected chi connectivity index (χ2v) is 12.1. The summed E-state index contributed by atoms with van der Waals surface area (Å²) in [4.78, 5) is 60.7. The molecule has 1 saturated heterocycles. The molecule has 15 nitrogen and oxygen atoms in total. The van der Waals surface area contributed by atoms with Gasteiger partial charge >= 0.3 is 24.2 Å². The molecule has 2 heterocycles. The van der Waals surface area contributed by atoms with Gasteiger partial charge in [-0.15, -0.1) is 0 Å². The van der Waals surface area contributed by atoms with E-state index in [4.69, 9.17) is 18.9 Å². The molecule has 2 amide bonds. The van der Waals surface area contributed by atoms with E-state index < -0.39 is 40.8 Å². The molecule has 256 valence electrons. The number of para-hydroxylation sites is 1. The number of aromatic nitrogens is 2. The molecule has 1 N–H and O–H groups in total. The molecule has 2 atom stereocenters. The van der Waals surface area contributed by atoms with Crippen molar-refractivity contribution in [1.29, 1.82) is 0 Å². The third-order valence-electron chi connectivity index (χ3n) is 7.27. The standard InChI is InChI=1S/C33H40N6O9/c1-33(2,3)48-31(41)37(4)18-10-16-34-28-24(13-9-14-26(28)39(43)44)25-15-17-35-30(36-25)47-23-19-27(29(40)45-5)38(20-23)32(42)46-21-22-11-7-6-8-12-22/h6-9,11-15,17,23,27,34H,10,16,18-21H2,1-5H3/t23-,27-/m0/s1. The second-order valence-electron chi connectivity index (χ2n) is 12.1. The third kappa shape index (κ3) is 9.53. The van der Waals surface area contributed by atoms with E-state index in [0.717, 1.165) is 5.56 Å². The Bertz CT molecular complexity index is 1600. The van der Waals surface area contributed by atoms with E-state index in [1.54, 1.807) is 46.0 Å². The number of hydrogen-bond acceptors (Lipinski definition) is 12. The lowest BCUT2D eigenvalue weighted by molar-refractivity contribution is -0.383. The van der Waals surface area contributed by atoms with Gasteiger partial charge in [-0.3, -0.25) is 15.0 Å². The van der Waals surface area contributed by atoms with Crippen molar-refractivity contribution in [3.63, 3.8) is 0 Å². The van der Waals surface area contributed by atoms with E-state index in [9.17, 15) is 24.5 Å². The number of rotatable bonds is 12. The van der Waals surface area contributed by atoms with Crippen LogP contribution >= 0.6 is 0 Å². The summed E-state index contributed by atoms with van der Waals surface area (Å²) in [5.74, 6) is -0.614. The van der Waals surface area contributed by atoms with Gasteiger partial charge in [0, 0.05) is 44.4 Å². The van der Waals surface area contributed by atoms with Gasteiger partial charge in [0.25, 0.3) is 5.69 Å². The molecule has 15 heteroatoms. The van der Waals surface area contributed by atoms with Gasteiger partial charge in [-0.05, 0) is 38.8 Å². The number of benzene rings is 2. The van der Waals surface area contributed by atoms with Crippen LogP contribution in [-0.4, -0.2) is 94.4 Å². The van der Waals surface area contributed by atoms with Crippen LogP contribution in [0.2, 0.25) is 0 Å². The van der Waals surface area contributed by atoms with E-state index >= 15 is 0 Å². The van der Waals surface area contributed by atoms with Gasteiger partial charge in [0.05, 0.1) is 24.3 Å².